The average Bonchev–Trinajstić information content (AvgIpc) is 2.57. The van der Waals surface area contributed by atoms with Gasteiger partial charge < -0.3 is 0 Å². The van der Waals surface area contributed by atoms with Crippen LogP contribution < -0.4 is 0 Å². The number of fused-ring (bicyclic) bond motifs is 4. The van der Waals surface area contributed by atoms with E-state index in [-0.39, 0.29) is 0 Å². The van der Waals surface area contributed by atoms with Crippen LogP contribution in [0.1, 0.15) is 53.1 Å². The minimum atomic E-state index is 0.557. The molecule has 0 heteroatoms. The van der Waals surface area contributed by atoms with Crippen molar-refractivity contribution in [1.82, 2.24) is 0 Å². The second-order valence-corrected chi connectivity index (χ2v) is 7.25. The predicted octanol–water partition coefficient (Wildman–Crippen LogP) is 6.28. The molecule has 3 aromatic carbocycles. The third-order valence-electron chi connectivity index (χ3n) is 5.38. The van der Waals surface area contributed by atoms with Gasteiger partial charge in [0.1, 0.15) is 0 Å². The molecule has 0 amide bonds. The van der Waals surface area contributed by atoms with Crippen molar-refractivity contribution < 1.29 is 0 Å². The first kappa shape index (κ1) is 15.2. The van der Waals surface area contributed by atoms with Crippen LogP contribution in [0.15, 0.2) is 60.7 Å². The first-order valence-electron chi connectivity index (χ1n) is 8.92. The summed E-state index contributed by atoms with van der Waals surface area (Å²) in [6.45, 7) is 6.88. The van der Waals surface area contributed by atoms with Crippen molar-refractivity contribution in [2.24, 2.45) is 0 Å². The Balaban J connectivity index is 2.04. The zero-order valence-electron chi connectivity index (χ0n) is 14.8. The van der Waals surface area contributed by atoms with Gasteiger partial charge in [-0.25, -0.2) is 0 Å². The molecular weight excluding hydrogens is 288 g/mol. The second-order valence-electron chi connectivity index (χ2n) is 7.25. The fourth-order valence-electron chi connectivity index (χ4n) is 4.08. The molecule has 0 heterocycles. The van der Waals surface area contributed by atoms with E-state index in [1.165, 1.54) is 38.9 Å². The predicted molar refractivity (Wildman–Crippen MR) is 103 cm³/mol. The topological polar surface area (TPSA) is 0 Å². The summed E-state index contributed by atoms with van der Waals surface area (Å²) in [4.78, 5) is 0. The second kappa shape index (κ2) is 5.94. The van der Waals surface area contributed by atoms with Crippen molar-refractivity contribution in [2.75, 3.05) is 0 Å². The molecule has 0 bridgehead atoms. The summed E-state index contributed by atoms with van der Waals surface area (Å²) in [6.07, 6.45) is 2.07. The highest BCUT2D eigenvalue weighted by Crippen LogP contribution is 2.37. The standard InChI is InChI=1S/C24H24/c1-16(2)20-13-12-17(3)23-14-18-8-4-6-10-21(18)22-11-7-5-9-19(22)15-24(20)23/h4-13,16H,14-15H2,1-3H3. The molecule has 0 unspecified atom stereocenters. The van der Waals surface area contributed by atoms with E-state index >= 15 is 0 Å². The molecule has 120 valence electrons. The number of hydrogen-bond donors (Lipinski definition) is 0. The zero-order valence-corrected chi connectivity index (χ0v) is 14.8. The Bertz CT molecular complexity index is 900. The zero-order chi connectivity index (χ0) is 16.7. The van der Waals surface area contributed by atoms with Crippen LogP contribution in [0.5, 0.6) is 0 Å². The molecule has 0 radical (unpaired) electrons. The van der Waals surface area contributed by atoms with Crippen molar-refractivity contribution in [3.05, 3.63) is 94.0 Å². The highest BCUT2D eigenvalue weighted by atomic mass is 14.2. The molecule has 1 aliphatic carbocycles. The molecule has 0 aliphatic heterocycles. The van der Waals surface area contributed by atoms with Crippen LogP contribution in [0, 0.1) is 6.92 Å². The Morgan fingerprint density at radius 2 is 1.21 bits per heavy atom. The molecule has 0 saturated carbocycles. The summed E-state index contributed by atoms with van der Waals surface area (Å²) >= 11 is 0. The van der Waals surface area contributed by atoms with Crippen LogP contribution in [0.4, 0.5) is 0 Å². The van der Waals surface area contributed by atoms with Crippen LogP contribution in [-0.4, -0.2) is 0 Å². The van der Waals surface area contributed by atoms with Crippen LogP contribution in [-0.2, 0) is 12.8 Å². The van der Waals surface area contributed by atoms with Gasteiger partial charge in [-0.05, 0) is 70.2 Å². The van der Waals surface area contributed by atoms with Crippen molar-refractivity contribution in [2.45, 2.75) is 39.5 Å². The first-order valence-corrected chi connectivity index (χ1v) is 8.92. The highest BCUT2D eigenvalue weighted by Gasteiger charge is 2.20. The van der Waals surface area contributed by atoms with Crippen molar-refractivity contribution in [3.8, 4) is 11.1 Å². The van der Waals surface area contributed by atoms with E-state index in [0.717, 1.165) is 12.8 Å². The molecule has 0 nitrogen and oxygen atoms in total. The van der Waals surface area contributed by atoms with E-state index in [2.05, 4.69) is 81.4 Å². The van der Waals surface area contributed by atoms with Gasteiger partial charge in [0.15, 0.2) is 0 Å². The van der Waals surface area contributed by atoms with Gasteiger partial charge in [0.2, 0.25) is 0 Å². The first-order chi connectivity index (χ1) is 11.6. The number of aryl methyl sites for hydroxylation is 1. The van der Waals surface area contributed by atoms with E-state index in [4.69, 9.17) is 0 Å². The lowest BCUT2D eigenvalue weighted by molar-refractivity contribution is 0.838. The fourth-order valence-corrected chi connectivity index (χ4v) is 4.08. The van der Waals surface area contributed by atoms with Crippen LogP contribution in [0.3, 0.4) is 0 Å². The Labute approximate surface area is 145 Å². The van der Waals surface area contributed by atoms with Gasteiger partial charge in [-0.3, -0.25) is 0 Å². The van der Waals surface area contributed by atoms with E-state index in [1.54, 1.807) is 5.56 Å². The Kier molecular flexibility index (Phi) is 3.76. The van der Waals surface area contributed by atoms with Gasteiger partial charge >= 0.3 is 0 Å². The monoisotopic (exact) mass is 312 g/mol. The lowest BCUT2D eigenvalue weighted by atomic mass is 9.80. The molecule has 4 rings (SSSR count). The van der Waals surface area contributed by atoms with E-state index in [9.17, 15) is 0 Å². The molecule has 0 spiro atoms. The van der Waals surface area contributed by atoms with Crippen molar-refractivity contribution >= 4 is 0 Å². The SMILES string of the molecule is Cc1ccc(C(C)C)c2c1Cc1ccccc1-c1ccccc1C2. The van der Waals surface area contributed by atoms with Crippen LogP contribution in [0.2, 0.25) is 0 Å². The molecule has 0 saturated heterocycles. The van der Waals surface area contributed by atoms with Gasteiger partial charge in [0, 0.05) is 0 Å². The molecule has 0 atom stereocenters. The molecular formula is C24H24. The quantitative estimate of drug-likeness (QED) is 0.388. The third-order valence-corrected chi connectivity index (χ3v) is 5.38. The van der Waals surface area contributed by atoms with Crippen molar-refractivity contribution in [3.63, 3.8) is 0 Å². The lowest BCUT2D eigenvalue weighted by Gasteiger charge is -2.25. The number of hydrogen-bond acceptors (Lipinski definition) is 0. The molecule has 0 aromatic heterocycles. The van der Waals surface area contributed by atoms with E-state index in [0.29, 0.717) is 5.92 Å². The summed E-state index contributed by atoms with van der Waals surface area (Å²) in [5.41, 5.74) is 11.7. The summed E-state index contributed by atoms with van der Waals surface area (Å²) < 4.78 is 0. The van der Waals surface area contributed by atoms with Gasteiger partial charge in [-0.1, -0.05) is 74.5 Å². The summed E-state index contributed by atoms with van der Waals surface area (Å²) in [5, 5.41) is 0. The maximum absolute atomic E-state index is 2.34. The minimum absolute atomic E-state index is 0.557. The third kappa shape index (κ3) is 2.47. The fraction of sp³-hybridized carbons (Fsp3) is 0.250. The van der Waals surface area contributed by atoms with Crippen LogP contribution >= 0.6 is 0 Å². The Hall–Kier alpha value is -2.34. The van der Waals surface area contributed by atoms with Gasteiger partial charge in [-0.2, -0.15) is 0 Å². The molecule has 0 N–H and O–H groups in total. The van der Waals surface area contributed by atoms with Gasteiger partial charge in [0.25, 0.3) is 0 Å². The molecule has 24 heavy (non-hydrogen) atoms. The van der Waals surface area contributed by atoms with Crippen LogP contribution in [0.25, 0.3) is 11.1 Å². The molecule has 3 aromatic rings. The summed E-state index contributed by atoms with van der Waals surface area (Å²) in [7, 11) is 0. The smallest absolute Gasteiger partial charge is 0.00138 e. The summed E-state index contributed by atoms with van der Waals surface area (Å²) in [6, 6.07) is 22.5. The normalized spacial score (nSPS) is 12.8. The highest BCUT2D eigenvalue weighted by molar-refractivity contribution is 5.73. The maximum Gasteiger partial charge on any atom is -0.00138 e. The largest absolute Gasteiger partial charge is 0.0619 e. The minimum Gasteiger partial charge on any atom is -0.0619 e. The average molecular weight is 312 g/mol. The Morgan fingerprint density at radius 3 is 1.79 bits per heavy atom. The molecule has 1 aliphatic rings. The van der Waals surface area contributed by atoms with E-state index < -0.39 is 0 Å². The van der Waals surface area contributed by atoms with Gasteiger partial charge in [-0.15, -0.1) is 0 Å². The maximum atomic E-state index is 2.34. The van der Waals surface area contributed by atoms with E-state index in [1.807, 2.05) is 0 Å². The number of benzene rings is 3. The number of rotatable bonds is 1. The van der Waals surface area contributed by atoms with Gasteiger partial charge in [0.05, 0.1) is 0 Å². The summed E-state index contributed by atoms with van der Waals surface area (Å²) in [5.74, 6) is 0.557. The lowest BCUT2D eigenvalue weighted by Crippen LogP contribution is -2.09. The van der Waals surface area contributed by atoms with Crippen molar-refractivity contribution in [1.29, 1.82) is 0 Å². The molecule has 0 fully saturated rings. The Morgan fingerprint density at radius 1 is 0.667 bits per heavy atom.